The summed E-state index contributed by atoms with van der Waals surface area (Å²) in [5.74, 6) is 2.55. The molecule has 18 heteroatoms. The van der Waals surface area contributed by atoms with Gasteiger partial charge >= 0.3 is 0 Å². The van der Waals surface area contributed by atoms with E-state index in [1.165, 1.54) is 0 Å². The van der Waals surface area contributed by atoms with Crippen LogP contribution in [0.4, 0.5) is 0 Å². The first-order chi connectivity index (χ1) is 31.5. The van der Waals surface area contributed by atoms with Gasteiger partial charge in [-0.05, 0) is 44.9 Å². The molecule has 380 valence electrons. The number of unbranched alkanes of at least 4 members (excludes halogenated alkanes) is 10. The van der Waals surface area contributed by atoms with Gasteiger partial charge in [-0.3, -0.25) is 33.6 Å². The summed E-state index contributed by atoms with van der Waals surface area (Å²) >= 11 is 0. The highest BCUT2D eigenvalue weighted by Crippen LogP contribution is 2.12. The quantitative estimate of drug-likeness (QED) is 0.0317. The molecule has 18 nitrogen and oxygen atoms in total. The van der Waals surface area contributed by atoms with Gasteiger partial charge in [-0.25, -0.2) is 5.90 Å². The summed E-state index contributed by atoms with van der Waals surface area (Å²) in [5, 5.41) is 17.3. The van der Waals surface area contributed by atoms with Crippen LogP contribution in [0.1, 0.15) is 176 Å². The molecule has 0 heterocycles. The Balaban J connectivity index is 5.45. The Morgan fingerprint density at radius 3 is 1.09 bits per heavy atom. The molecule has 0 aliphatic heterocycles. The molecule has 0 aliphatic carbocycles. The molecule has 5 atom stereocenters. The van der Waals surface area contributed by atoms with E-state index in [9.17, 15) is 28.8 Å². The molecular weight excluding hydrogens is 837 g/mol. The number of nitrogens with two attached hydrogens (primary N) is 2. The minimum atomic E-state index is -0.924. The molecule has 0 spiro atoms. The van der Waals surface area contributed by atoms with Crippen molar-refractivity contribution in [2.45, 2.75) is 206 Å². The first kappa shape index (κ1) is 61.6. The Morgan fingerprint density at radius 2 is 0.723 bits per heavy atom. The molecule has 0 bridgehead atoms. The van der Waals surface area contributed by atoms with Gasteiger partial charge in [0.15, 0.2) is 0 Å². The van der Waals surface area contributed by atoms with E-state index < -0.39 is 47.9 Å². The zero-order valence-corrected chi connectivity index (χ0v) is 41.0. The Kier molecular flexibility index (Phi) is 40.9. The molecule has 65 heavy (non-hydrogen) atoms. The maximum atomic E-state index is 14.1. The number of rotatable bonds is 45. The van der Waals surface area contributed by atoms with Gasteiger partial charge < -0.3 is 51.8 Å². The van der Waals surface area contributed by atoms with Crippen LogP contribution >= 0.6 is 0 Å². The SMILES string of the molecule is CCCCCC(NC(=O)[C@H](N)CCCCC)C(=O)N[C@H](CCCCC)C(=O)NC(CCCCC)C(=O)N[C@H](CCCCC)C(=O)NCCCOCCOCCOCCCNC(=O)CON. The van der Waals surface area contributed by atoms with E-state index in [0.717, 1.165) is 83.5 Å². The third-order valence-electron chi connectivity index (χ3n) is 10.9. The number of ether oxygens (including phenoxy) is 3. The van der Waals surface area contributed by atoms with Crippen molar-refractivity contribution in [2.24, 2.45) is 11.6 Å². The highest BCUT2D eigenvalue weighted by molar-refractivity contribution is 5.95. The standard InChI is InChI=1S/C47H92N8O10/c1-6-11-16-23-37(48)43(57)52-39(25-18-13-8-3)45(59)54-41(27-20-15-10-5)47(61)55-40(26-19-14-9-4)46(60)53-38(24-17-12-7-2)44(58)51-29-22-31-63-33-35-64-34-32-62-30-21-28-50-42(56)36-65-49/h37-41H,6-36,48-49H2,1-5H3,(H,50,56)(H,51,58)(H,52,57)(H,53,60)(H,54,59)(H,55,61)/t37-,38-,39?,40?,41-/m1/s1. The van der Waals surface area contributed by atoms with E-state index in [2.05, 4.69) is 71.4 Å². The lowest BCUT2D eigenvalue weighted by molar-refractivity contribution is -0.135. The molecule has 0 saturated heterocycles. The van der Waals surface area contributed by atoms with Crippen molar-refractivity contribution in [3.63, 3.8) is 0 Å². The number of hydrogen-bond acceptors (Lipinski definition) is 12. The van der Waals surface area contributed by atoms with Crippen molar-refractivity contribution < 1.29 is 47.8 Å². The lowest BCUT2D eigenvalue weighted by atomic mass is 10.0. The fourth-order valence-electron chi connectivity index (χ4n) is 6.89. The monoisotopic (exact) mass is 929 g/mol. The zero-order valence-electron chi connectivity index (χ0n) is 41.0. The van der Waals surface area contributed by atoms with Crippen LogP contribution in [0.15, 0.2) is 0 Å². The van der Waals surface area contributed by atoms with Crippen LogP contribution in [0.5, 0.6) is 0 Å². The van der Waals surface area contributed by atoms with Crippen molar-refractivity contribution in [1.29, 1.82) is 0 Å². The van der Waals surface area contributed by atoms with E-state index >= 15 is 0 Å². The van der Waals surface area contributed by atoms with Crippen LogP contribution in [0.2, 0.25) is 0 Å². The summed E-state index contributed by atoms with van der Waals surface area (Å²) in [6.45, 7) is 13.5. The van der Waals surface area contributed by atoms with Gasteiger partial charge in [-0.1, -0.05) is 131 Å². The predicted octanol–water partition coefficient (Wildman–Crippen LogP) is 4.11. The van der Waals surface area contributed by atoms with E-state index in [0.29, 0.717) is 111 Å². The third-order valence-corrected chi connectivity index (χ3v) is 10.9. The molecule has 10 N–H and O–H groups in total. The lowest BCUT2D eigenvalue weighted by Gasteiger charge is -2.27. The Bertz CT molecular complexity index is 1250. The van der Waals surface area contributed by atoms with E-state index in [-0.39, 0.29) is 24.3 Å². The maximum Gasteiger partial charge on any atom is 0.248 e. The second-order valence-electron chi connectivity index (χ2n) is 16.8. The molecule has 0 fully saturated rings. The lowest BCUT2D eigenvalue weighted by Crippen LogP contribution is -2.58. The first-order valence-electron chi connectivity index (χ1n) is 25.1. The number of amides is 6. The average Bonchev–Trinajstić information content (AvgIpc) is 3.28. The number of nitrogens with one attached hydrogen (secondary N) is 6. The topological polar surface area (TPSA) is 264 Å². The molecule has 0 aromatic rings. The predicted molar refractivity (Wildman–Crippen MR) is 254 cm³/mol. The minimum Gasteiger partial charge on any atom is -0.379 e. The number of hydrogen-bond donors (Lipinski definition) is 8. The highest BCUT2D eigenvalue weighted by atomic mass is 16.6. The first-order valence-corrected chi connectivity index (χ1v) is 25.1. The van der Waals surface area contributed by atoms with Crippen molar-refractivity contribution in [3.8, 4) is 0 Å². The molecule has 0 aromatic carbocycles. The van der Waals surface area contributed by atoms with Crippen molar-refractivity contribution in [3.05, 3.63) is 0 Å². The van der Waals surface area contributed by atoms with E-state index in [1.807, 2.05) is 0 Å². The fourth-order valence-corrected chi connectivity index (χ4v) is 6.89. The smallest absolute Gasteiger partial charge is 0.248 e. The van der Waals surface area contributed by atoms with Crippen molar-refractivity contribution >= 4 is 35.4 Å². The fraction of sp³-hybridized carbons (Fsp3) is 0.872. The van der Waals surface area contributed by atoms with Gasteiger partial charge in [-0.2, -0.15) is 0 Å². The summed E-state index contributed by atoms with van der Waals surface area (Å²) < 4.78 is 16.7. The van der Waals surface area contributed by atoms with Crippen LogP contribution < -0.4 is 43.5 Å². The molecular formula is C47H92N8O10. The van der Waals surface area contributed by atoms with Crippen LogP contribution in [0.25, 0.3) is 0 Å². The summed E-state index contributed by atoms with van der Waals surface area (Å²) in [5.41, 5.74) is 6.20. The van der Waals surface area contributed by atoms with E-state index in [1.54, 1.807) is 0 Å². The van der Waals surface area contributed by atoms with Gasteiger partial charge in [-0.15, -0.1) is 0 Å². The highest BCUT2D eigenvalue weighted by Gasteiger charge is 2.31. The van der Waals surface area contributed by atoms with Crippen molar-refractivity contribution in [1.82, 2.24) is 31.9 Å². The van der Waals surface area contributed by atoms with Crippen LogP contribution in [-0.4, -0.2) is 125 Å². The van der Waals surface area contributed by atoms with Gasteiger partial charge in [0.1, 0.15) is 30.8 Å². The summed E-state index contributed by atoms with van der Waals surface area (Å²) in [7, 11) is 0. The summed E-state index contributed by atoms with van der Waals surface area (Å²) in [6.07, 6.45) is 16.2. The maximum absolute atomic E-state index is 14.1. The van der Waals surface area contributed by atoms with Crippen LogP contribution in [-0.2, 0) is 47.8 Å². The molecule has 6 amide bonds. The normalized spacial score (nSPS) is 13.5. The Morgan fingerprint density at radius 1 is 0.400 bits per heavy atom. The molecule has 2 unspecified atom stereocenters. The Hall–Kier alpha value is -3.42. The summed E-state index contributed by atoms with van der Waals surface area (Å²) in [4.78, 5) is 84.0. The second-order valence-corrected chi connectivity index (χ2v) is 16.8. The molecule has 0 radical (unpaired) electrons. The van der Waals surface area contributed by atoms with Crippen LogP contribution in [0, 0.1) is 0 Å². The largest absolute Gasteiger partial charge is 0.379 e. The summed E-state index contributed by atoms with van der Waals surface area (Å²) in [6, 6.07) is -4.20. The minimum absolute atomic E-state index is 0.179. The van der Waals surface area contributed by atoms with Gasteiger partial charge in [0.25, 0.3) is 0 Å². The van der Waals surface area contributed by atoms with Gasteiger partial charge in [0.05, 0.1) is 32.5 Å². The molecule has 0 aromatic heterocycles. The van der Waals surface area contributed by atoms with Crippen molar-refractivity contribution in [2.75, 3.05) is 59.3 Å². The molecule has 0 aliphatic rings. The second kappa shape index (κ2) is 43.2. The molecule has 0 rings (SSSR count). The average molecular weight is 929 g/mol. The van der Waals surface area contributed by atoms with Crippen LogP contribution in [0.3, 0.4) is 0 Å². The van der Waals surface area contributed by atoms with Gasteiger partial charge in [0.2, 0.25) is 35.4 Å². The van der Waals surface area contributed by atoms with Gasteiger partial charge in [0, 0.05) is 26.3 Å². The van der Waals surface area contributed by atoms with E-state index in [4.69, 9.17) is 25.8 Å². The number of carbonyl (C=O) groups is 6. The third kappa shape index (κ3) is 33.7. The Labute approximate surface area is 391 Å². The molecule has 0 saturated carbocycles. The number of carbonyl (C=O) groups excluding carboxylic acids is 6. The zero-order chi connectivity index (χ0) is 48.3.